The third kappa shape index (κ3) is 2.40. The van der Waals surface area contributed by atoms with Crippen molar-refractivity contribution in [2.45, 2.75) is 0 Å². The molecule has 2 heterocycles. The van der Waals surface area contributed by atoms with Crippen molar-refractivity contribution < 1.29 is 9.32 Å². The monoisotopic (exact) mass is 301 g/mol. The maximum absolute atomic E-state index is 11.6. The highest BCUT2D eigenvalue weighted by molar-refractivity contribution is 9.10. The quantitative estimate of drug-likeness (QED) is 0.866. The first-order chi connectivity index (χ1) is 7.66. The summed E-state index contributed by atoms with van der Waals surface area (Å²) in [5, 5.41) is 6.28. The lowest BCUT2D eigenvalue weighted by molar-refractivity contribution is 0.101. The molecule has 0 aliphatic heterocycles. The predicted octanol–water partition coefficient (Wildman–Crippen LogP) is 2.74. The van der Waals surface area contributed by atoms with Crippen LogP contribution in [0.25, 0.3) is 0 Å². The Bertz CT molecular complexity index is 515. The van der Waals surface area contributed by atoms with E-state index in [2.05, 4.69) is 35.9 Å². The maximum Gasteiger partial charge on any atom is 0.277 e. The molecule has 0 saturated heterocycles. The van der Waals surface area contributed by atoms with Crippen molar-refractivity contribution in [3.63, 3.8) is 0 Å². The minimum absolute atomic E-state index is 0.177. The molecule has 1 N–H and O–H groups in total. The molecule has 0 atom stereocenters. The van der Waals surface area contributed by atoms with Gasteiger partial charge in [-0.05, 0) is 22.0 Å². The fraction of sp³-hybridized carbons (Fsp3) is 0. The van der Waals surface area contributed by atoms with Crippen LogP contribution in [-0.4, -0.2) is 16.0 Å². The Morgan fingerprint density at radius 2 is 2.38 bits per heavy atom. The van der Waals surface area contributed by atoms with E-state index in [4.69, 9.17) is 11.6 Å². The van der Waals surface area contributed by atoms with Crippen LogP contribution in [0.1, 0.15) is 10.5 Å². The first-order valence-electron chi connectivity index (χ1n) is 4.19. The molecule has 0 aromatic carbocycles. The van der Waals surface area contributed by atoms with E-state index in [1.54, 1.807) is 6.07 Å². The van der Waals surface area contributed by atoms with Gasteiger partial charge in [0, 0.05) is 16.7 Å². The Labute approximate surface area is 104 Å². The van der Waals surface area contributed by atoms with Gasteiger partial charge in [0.25, 0.3) is 5.91 Å². The van der Waals surface area contributed by atoms with Gasteiger partial charge >= 0.3 is 0 Å². The van der Waals surface area contributed by atoms with Crippen LogP contribution in [0.5, 0.6) is 0 Å². The zero-order chi connectivity index (χ0) is 11.5. The minimum Gasteiger partial charge on any atom is -0.364 e. The number of amides is 1. The Balaban J connectivity index is 2.21. The molecular weight excluding hydrogens is 297 g/mol. The lowest BCUT2D eigenvalue weighted by Crippen LogP contribution is -2.12. The molecule has 2 aromatic heterocycles. The van der Waals surface area contributed by atoms with E-state index >= 15 is 0 Å². The van der Waals surface area contributed by atoms with E-state index in [-0.39, 0.29) is 10.8 Å². The molecule has 2 aromatic rings. The second-order valence-electron chi connectivity index (χ2n) is 2.83. The normalized spacial score (nSPS) is 10.1. The molecule has 5 nitrogen and oxygen atoms in total. The van der Waals surface area contributed by atoms with Crippen molar-refractivity contribution in [2.24, 2.45) is 0 Å². The average Bonchev–Trinajstić information content (AvgIpc) is 2.76. The first-order valence-corrected chi connectivity index (χ1v) is 5.36. The molecule has 82 valence electrons. The number of carbonyl (C=O) groups excluding carboxylic acids is 1. The summed E-state index contributed by atoms with van der Waals surface area (Å²) in [5.74, 6) is -0.407. The number of hydrogen-bond acceptors (Lipinski definition) is 4. The van der Waals surface area contributed by atoms with Gasteiger partial charge in [-0.25, -0.2) is 4.98 Å². The van der Waals surface area contributed by atoms with Crippen LogP contribution in [0.4, 0.5) is 5.69 Å². The summed E-state index contributed by atoms with van der Waals surface area (Å²) in [6, 6.07) is 3.10. The molecule has 0 saturated carbocycles. The summed E-state index contributed by atoms with van der Waals surface area (Å²) in [6.07, 6.45) is 2.85. The van der Waals surface area contributed by atoms with E-state index in [0.29, 0.717) is 10.2 Å². The van der Waals surface area contributed by atoms with Crippen LogP contribution >= 0.6 is 27.5 Å². The van der Waals surface area contributed by atoms with Gasteiger partial charge in [-0.15, -0.1) is 0 Å². The van der Waals surface area contributed by atoms with Crippen molar-refractivity contribution in [3.8, 4) is 0 Å². The van der Waals surface area contributed by atoms with Gasteiger partial charge in [0.15, 0.2) is 10.8 Å². The van der Waals surface area contributed by atoms with Crippen molar-refractivity contribution in [1.29, 1.82) is 0 Å². The molecule has 16 heavy (non-hydrogen) atoms. The Morgan fingerprint density at radius 1 is 1.56 bits per heavy atom. The zero-order valence-corrected chi connectivity index (χ0v) is 10.1. The molecule has 0 unspecified atom stereocenters. The number of halogens is 2. The number of nitrogens with one attached hydrogen (secondary N) is 1. The Hall–Kier alpha value is -1.40. The van der Waals surface area contributed by atoms with Crippen LogP contribution in [-0.2, 0) is 0 Å². The largest absolute Gasteiger partial charge is 0.364 e. The summed E-state index contributed by atoms with van der Waals surface area (Å²) in [5.41, 5.74) is 0.583. The van der Waals surface area contributed by atoms with Crippen LogP contribution < -0.4 is 5.32 Å². The second kappa shape index (κ2) is 4.63. The van der Waals surface area contributed by atoms with Crippen LogP contribution in [0.3, 0.4) is 0 Å². The third-order valence-electron chi connectivity index (χ3n) is 1.72. The number of pyridine rings is 1. The van der Waals surface area contributed by atoms with Gasteiger partial charge < -0.3 is 9.84 Å². The summed E-state index contributed by atoms with van der Waals surface area (Å²) >= 11 is 9.04. The SMILES string of the molecule is O=C(Nc1cc(Br)cnc1Cl)c1ccon1. The number of nitrogens with zero attached hydrogens (tertiary/aromatic N) is 2. The molecule has 0 aliphatic carbocycles. The molecule has 7 heteroatoms. The van der Waals surface area contributed by atoms with E-state index < -0.39 is 5.91 Å². The van der Waals surface area contributed by atoms with Crippen molar-refractivity contribution in [1.82, 2.24) is 10.1 Å². The van der Waals surface area contributed by atoms with E-state index in [1.165, 1.54) is 18.5 Å². The average molecular weight is 303 g/mol. The minimum atomic E-state index is -0.407. The van der Waals surface area contributed by atoms with Crippen LogP contribution in [0.15, 0.2) is 33.6 Å². The molecule has 0 aliphatic rings. The standard InChI is InChI=1S/C9H5BrClN3O2/c10-5-3-7(8(11)12-4-5)13-9(15)6-1-2-16-14-6/h1-4H,(H,13,15). The fourth-order valence-corrected chi connectivity index (χ4v) is 1.51. The smallest absolute Gasteiger partial charge is 0.277 e. The summed E-state index contributed by atoms with van der Waals surface area (Å²) in [6.45, 7) is 0. The maximum atomic E-state index is 11.6. The van der Waals surface area contributed by atoms with Gasteiger partial charge in [0.05, 0.1) is 5.69 Å². The van der Waals surface area contributed by atoms with Gasteiger partial charge in [0.1, 0.15) is 6.26 Å². The number of anilines is 1. The van der Waals surface area contributed by atoms with Crippen molar-refractivity contribution >= 4 is 39.1 Å². The highest BCUT2D eigenvalue weighted by Gasteiger charge is 2.11. The van der Waals surface area contributed by atoms with E-state index in [9.17, 15) is 4.79 Å². The number of aromatic nitrogens is 2. The Morgan fingerprint density at radius 3 is 3.06 bits per heavy atom. The number of carbonyl (C=O) groups is 1. The fourth-order valence-electron chi connectivity index (χ4n) is 1.03. The lowest BCUT2D eigenvalue weighted by atomic mass is 10.3. The molecule has 2 rings (SSSR count). The molecule has 0 bridgehead atoms. The molecule has 1 amide bonds. The lowest BCUT2D eigenvalue weighted by Gasteiger charge is -2.04. The summed E-state index contributed by atoms with van der Waals surface area (Å²) in [4.78, 5) is 15.5. The Kier molecular flexibility index (Phi) is 3.21. The second-order valence-corrected chi connectivity index (χ2v) is 4.10. The van der Waals surface area contributed by atoms with Gasteiger partial charge in [0.2, 0.25) is 0 Å². The van der Waals surface area contributed by atoms with Gasteiger partial charge in [-0.1, -0.05) is 16.8 Å². The number of rotatable bonds is 2. The highest BCUT2D eigenvalue weighted by Crippen LogP contribution is 2.23. The van der Waals surface area contributed by atoms with Gasteiger partial charge in [-0.2, -0.15) is 0 Å². The molecule has 0 radical (unpaired) electrons. The van der Waals surface area contributed by atoms with Gasteiger partial charge in [-0.3, -0.25) is 4.79 Å². The summed E-state index contributed by atoms with van der Waals surface area (Å²) in [7, 11) is 0. The molecule has 0 fully saturated rings. The summed E-state index contributed by atoms with van der Waals surface area (Å²) < 4.78 is 5.27. The topological polar surface area (TPSA) is 68.0 Å². The van der Waals surface area contributed by atoms with E-state index in [1.807, 2.05) is 0 Å². The molecule has 0 spiro atoms. The van der Waals surface area contributed by atoms with Crippen LogP contribution in [0.2, 0.25) is 5.15 Å². The zero-order valence-electron chi connectivity index (χ0n) is 7.78. The molecular formula is C9H5BrClN3O2. The number of hydrogen-bond donors (Lipinski definition) is 1. The van der Waals surface area contributed by atoms with Crippen molar-refractivity contribution in [2.75, 3.05) is 5.32 Å². The third-order valence-corrected chi connectivity index (χ3v) is 2.46. The van der Waals surface area contributed by atoms with Crippen molar-refractivity contribution in [3.05, 3.63) is 39.9 Å². The highest BCUT2D eigenvalue weighted by atomic mass is 79.9. The van der Waals surface area contributed by atoms with E-state index in [0.717, 1.165) is 0 Å². The van der Waals surface area contributed by atoms with Crippen LogP contribution in [0, 0.1) is 0 Å². The first kappa shape index (κ1) is 11.1. The predicted molar refractivity (Wildman–Crippen MR) is 61.4 cm³/mol.